The van der Waals surface area contributed by atoms with Gasteiger partial charge in [0.1, 0.15) is 11.4 Å². The van der Waals surface area contributed by atoms with E-state index in [-0.39, 0.29) is 0 Å². The van der Waals surface area contributed by atoms with Crippen molar-refractivity contribution in [1.82, 2.24) is 4.98 Å². The summed E-state index contributed by atoms with van der Waals surface area (Å²) in [6, 6.07) is 19.4. The van der Waals surface area contributed by atoms with E-state index in [1.807, 2.05) is 73.8 Å². The molecule has 3 aromatic rings. The Morgan fingerprint density at radius 1 is 0.875 bits per heavy atom. The molecule has 0 spiro atoms. The number of nitrogens with zero attached hydrogens (tertiary/aromatic N) is 1. The Morgan fingerprint density at radius 2 is 1.58 bits per heavy atom. The second-order valence-electron chi connectivity index (χ2n) is 5.15. The van der Waals surface area contributed by atoms with Gasteiger partial charge in [0.2, 0.25) is 0 Å². The molecule has 2 nitrogen and oxygen atoms in total. The number of pyridine rings is 1. The Labute approximate surface area is 147 Å². The van der Waals surface area contributed by atoms with E-state index in [9.17, 15) is 0 Å². The number of hydrogen-bond acceptors (Lipinski definition) is 2. The highest BCUT2D eigenvalue weighted by Gasteiger charge is 1.98. The molecule has 0 saturated heterocycles. The van der Waals surface area contributed by atoms with Crippen molar-refractivity contribution in [3.8, 4) is 28.7 Å². The van der Waals surface area contributed by atoms with Crippen LogP contribution in [-0.4, -0.2) is 11.6 Å². The van der Waals surface area contributed by atoms with Gasteiger partial charge in [-0.05, 0) is 60.9 Å². The van der Waals surface area contributed by atoms with E-state index in [0.717, 1.165) is 33.2 Å². The molecule has 24 heavy (non-hydrogen) atoms. The molecule has 118 valence electrons. The smallest absolute Gasteiger partial charge is 0.119 e. The minimum atomic E-state index is 0.662. The number of benzene rings is 2. The summed E-state index contributed by atoms with van der Waals surface area (Å²) in [5.74, 6) is 7.04. The molecule has 0 aliphatic carbocycles. The van der Waals surface area contributed by atoms with E-state index in [1.165, 1.54) is 0 Å². The van der Waals surface area contributed by atoms with Crippen LogP contribution in [0.1, 0.15) is 18.2 Å². The fourth-order valence-electron chi connectivity index (χ4n) is 2.22. The van der Waals surface area contributed by atoms with E-state index in [1.54, 1.807) is 0 Å². The van der Waals surface area contributed by atoms with E-state index >= 15 is 0 Å². The number of rotatable bonds is 3. The standard InChI is InChI=1S/C21H16ClNO/c1-2-24-21-13-4-16(5-14-21)3-11-20-12-8-18(15-23-20)17-6-9-19(22)10-7-17/h4-10,12-15H,2H2,1H3. The van der Waals surface area contributed by atoms with Crippen LogP contribution in [0.2, 0.25) is 5.02 Å². The minimum Gasteiger partial charge on any atom is -0.494 e. The number of hydrogen-bond donors (Lipinski definition) is 0. The van der Waals surface area contributed by atoms with Crippen LogP contribution in [0.4, 0.5) is 0 Å². The van der Waals surface area contributed by atoms with Crippen molar-refractivity contribution >= 4 is 11.6 Å². The molecule has 0 atom stereocenters. The van der Waals surface area contributed by atoms with Crippen molar-refractivity contribution in [2.75, 3.05) is 6.61 Å². The van der Waals surface area contributed by atoms with Crippen LogP contribution in [0.3, 0.4) is 0 Å². The van der Waals surface area contributed by atoms with Gasteiger partial charge in [0.25, 0.3) is 0 Å². The summed E-state index contributed by atoms with van der Waals surface area (Å²) in [5, 5.41) is 0.726. The van der Waals surface area contributed by atoms with Gasteiger partial charge >= 0.3 is 0 Å². The van der Waals surface area contributed by atoms with Gasteiger partial charge < -0.3 is 4.74 Å². The number of aromatic nitrogens is 1. The van der Waals surface area contributed by atoms with Crippen LogP contribution in [-0.2, 0) is 0 Å². The topological polar surface area (TPSA) is 22.1 Å². The molecule has 0 aliphatic heterocycles. The summed E-state index contributed by atoms with van der Waals surface area (Å²) in [6.07, 6.45) is 1.82. The van der Waals surface area contributed by atoms with Crippen molar-refractivity contribution in [2.45, 2.75) is 6.92 Å². The van der Waals surface area contributed by atoms with Gasteiger partial charge in [0, 0.05) is 22.3 Å². The molecule has 0 radical (unpaired) electrons. The summed E-state index contributed by atoms with van der Waals surface area (Å²) in [6.45, 7) is 2.63. The molecule has 1 heterocycles. The minimum absolute atomic E-state index is 0.662. The highest BCUT2D eigenvalue weighted by Crippen LogP contribution is 2.20. The summed E-state index contributed by atoms with van der Waals surface area (Å²) >= 11 is 5.91. The molecular weight excluding hydrogens is 318 g/mol. The molecule has 2 aromatic carbocycles. The highest BCUT2D eigenvalue weighted by molar-refractivity contribution is 6.30. The first-order chi connectivity index (χ1) is 11.7. The van der Waals surface area contributed by atoms with Crippen molar-refractivity contribution in [3.05, 3.63) is 83.1 Å². The van der Waals surface area contributed by atoms with Gasteiger partial charge in [-0.15, -0.1) is 0 Å². The first-order valence-corrected chi connectivity index (χ1v) is 8.09. The van der Waals surface area contributed by atoms with Crippen LogP contribution in [0.25, 0.3) is 11.1 Å². The van der Waals surface area contributed by atoms with E-state index < -0.39 is 0 Å². The molecule has 0 saturated carbocycles. The van der Waals surface area contributed by atoms with Gasteiger partial charge in [-0.3, -0.25) is 0 Å². The zero-order valence-electron chi connectivity index (χ0n) is 13.3. The predicted molar refractivity (Wildman–Crippen MR) is 98.3 cm³/mol. The Morgan fingerprint density at radius 3 is 2.21 bits per heavy atom. The quantitative estimate of drug-likeness (QED) is 0.614. The fourth-order valence-corrected chi connectivity index (χ4v) is 2.34. The molecule has 3 heteroatoms. The van der Waals surface area contributed by atoms with E-state index in [4.69, 9.17) is 16.3 Å². The Balaban J connectivity index is 1.73. The van der Waals surface area contributed by atoms with Crippen molar-refractivity contribution in [3.63, 3.8) is 0 Å². The monoisotopic (exact) mass is 333 g/mol. The van der Waals surface area contributed by atoms with Crippen LogP contribution in [0, 0.1) is 11.8 Å². The number of halogens is 1. The van der Waals surface area contributed by atoms with Gasteiger partial charge in [-0.1, -0.05) is 35.7 Å². The van der Waals surface area contributed by atoms with Crippen LogP contribution < -0.4 is 4.74 Å². The average molecular weight is 334 g/mol. The van der Waals surface area contributed by atoms with E-state index in [0.29, 0.717) is 6.61 Å². The van der Waals surface area contributed by atoms with Crippen LogP contribution in [0.15, 0.2) is 66.9 Å². The summed E-state index contributed by atoms with van der Waals surface area (Å²) in [4.78, 5) is 4.41. The molecule has 0 fully saturated rings. The number of ether oxygens (including phenoxy) is 1. The lowest BCUT2D eigenvalue weighted by molar-refractivity contribution is 0.340. The third kappa shape index (κ3) is 4.16. The normalized spacial score (nSPS) is 9.92. The Bertz CT molecular complexity index is 857. The van der Waals surface area contributed by atoms with Crippen molar-refractivity contribution in [2.24, 2.45) is 0 Å². The van der Waals surface area contributed by atoms with Gasteiger partial charge in [-0.25, -0.2) is 4.98 Å². The maximum atomic E-state index is 5.91. The predicted octanol–water partition coefficient (Wildman–Crippen LogP) is 5.20. The lowest BCUT2D eigenvalue weighted by atomic mass is 10.1. The maximum absolute atomic E-state index is 5.91. The maximum Gasteiger partial charge on any atom is 0.119 e. The summed E-state index contributed by atoms with van der Waals surface area (Å²) in [7, 11) is 0. The zero-order valence-corrected chi connectivity index (χ0v) is 14.0. The van der Waals surface area contributed by atoms with E-state index in [2.05, 4.69) is 16.8 Å². The first-order valence-electron chi connectivity index (χ1n) is 7.71. The zero-order chi connectivity index (χ0) is 16.8. The van der Waals surface area contributed by atoms with Crippen molar-refractivity contribution in [1.29, 1.82) is 0 Å². The van der Waals surface area contributed by atoms with Crippen LogP contribution >= 0.6 is 11.6 Å². The Kier molecular flexibility index (Phi) is 5.15. The summed E-state index contributed by atoms with van der Waals surface area (Å²) in [5.41, 5.74) is 3.79. The van der Waals surface area contributed by atoms with Crippen molar-refractivity contribution < 1.29 is 4.74 Å². The second-order valence-corrected chi connectivity index (χ2v) is 5.58. The second kappa shape index (κ2) is 7.68. The molecule has 0 unspecified atom stereocenters. The molecule has 0 amide bonds. The third-order valence-electron chi connectivity index (χ3n) is 3.44. The summed E-state index contributed by atoms with van der Waals surface area (Å²) < 4.78 is 5.42. The van der Waals surface area contributed by atoms with Gasteiger partial charge in [0.05, 0.1) is 6.61 Å². The highest BCUT2D eigenvalue weighted by atomic mass is 35.5. The average Bonchev–Trinajstić information content (AvgIpc) is 2.63. The first kappa shape index (κ1) is 16.1. The molecule has 0 bridgehead atoms. The SMILES string of the molecule is CCOc1ccc(C#Cc2ccc(-c3ccc(Cl)cc3)cn2)cc1. The lowest BCUT2D eigenvalue weighted by Crippen LogP contribution is -1.90. The van der Waals surface area contributed by atoms with Gasteiger partial charge in [0.15, 0.2) is 0 Å². The van der Waals surface area contributed by atoms with Gasteiger partial charge in [-0.2, -0.15) is 0 Å². The molecule has 3 rings (SSSR count). The fraction of sp³-hybridized carbons (Fsp3) is 0.0952. The van der Waals surface area contributed by atoms with Crippen LogP contribution in [0.5, 0.6) is 5.75 Å². The lowest BCUT2D eigenvalue weighted by Gasteiger charge is -2.01. The molecule has 1 aromatic heterocycles. The Hall–Kier alpha value is -2.76. The third-order valence-corrected chi connectivity index (χ3v) is 3.69. The molecule has 0 N–H and O–H groups in total. The largest absolute Gasteiger partial charge is 0.494 e. The molecule has 0 aliphatic rings. The molecular formula is C21H16ClNO.